The number of methoxy groups -OCH3 is 1. The van der Waals surface area contributed by atoms with E-state index in [9.17, 15) is 18.0 Å². The van der Waals surface area contributed by atoms with Gasteiger partial charge < -0.3 is 14.4 Å². The number of ether oxygens (including phenoxy) is 2. The molecular formula is C20H17F3N4O3. The molecule has 0 unspecified atom stereocenters. The Kier molecular flexibility index (Phi) is 5.06. The molecule has 156 valence electrons. The number of nitrogens with one attached hydrogen (secondary N) is 1. The van der Waals surface area contributed by atoms with Gasteiger partial charge >= 0.3 is 6.18 Å². The number of H-pyrrole nitrogens is 1. The van der Waals surface area contributed by atoms with Crippen molar-refractivity contribution in [3.63, 3.8) is 0 Å². The van der Waals surface area contributed by atoms with Crippen molar-refractivity contribution in [3.8, 4) is 22.9 Å². The average Bonchev–Trinajstić information content (AvgIpc) is 3.19. The number of likely N-dealkylation sites (tertiary alicyclic amines) is 1. The number of carbonyl (C=O) groups excluding carboxylic acids is 1. The van der Waals surface area contributed by atoms with E-state index in [1.54, 1.807) is 19.2 Å². The molecule has 1 aromatic carbocycles. The summed E-state index contributed by atoms with van der Waals surface area (Å²) in [7, 11) is 1.55. The van der Waals surface area contributed by atoms with E-state index in [2.05, 4.69) is 15.2 Å². The van der Waals surface area contributed by atoms with E-state index in [1.807, 2.05) is 18.2 Å². The monoisotopic (exact) mass is 418 g/mol. The maximum atomic E-state index is 13.0. The molecule has 0 spiro atoms. The van der Waals surface area contributed by atoms with E-state index in [0.29, 0.717) is 11.4 Å². The summed E-state index contributed by atoms with van der Waals surface area (Å²) in [5, 5.41) is 6.86. The standard InChI is InChI=1S/C20H17F3N4O3/c1-29-17-7-3-2-5-13(17)15-9-16(26-25-15)19(28)27-10-12(11-27)30-18-14(20(21,22)23)6-4-8-24-18/h2-9,12H,10-11H2,1H3,(H,25,26). The SMILES string of the molecule is COc1ccccc1-c1cc(C(=O)N2CC(Oc3ncccc3C(F)(F)F)C2)[nH]n1. The minimum Gasteiger partial charge on any atom is -0.496 e. The first-order chi connectivity index (χ1) is 14.4. The van der Waals surface area contributed by atoms with Gasteiger partial charge in [0.05, 0.1) is 25.9 Å². The number of rotatable bonds is 5. The van der Waals surface area contributed by atoms with Crippen molar-refractivity contribution in [2.45, 2.75) is 12.3 Å². The van der Waals surface area contributed by atoms with Gasteiger partial charge in [0.2, 0.25) is 5.88 Å². The van der Waals surface area contributed by atoms with E-state index in [-0.39, 0.29) is 24.7 Å². The van der Waals surface area contributed by atoms with E-state index >= 15 is 0 Å². The Morgan fingerprint density at radius 1 is 1.20 bits per heavy atom. The van der Waals surface area contributed by atoms with Crippen LogP contribution in [-0.2, 0) is 6.18 Å². The molecule has 0 aliphatic carbocycles. The Morgan fingerprint density at radius 3 is 2.70 bits per heavy atom. The van der Waals surface area contributed by atoms with Crippen LogP contribution in [0.2, 0.25) is 0 Å². The minimum atomic E-state index is -4.56. The molecular weight excluding hydrogens is 401 g/mol. The number of pyridine rings is 1. The Bertz CT molecular complexity index is 1060. The van der Waals surface area contributed by atoms with Crippen LogP contribution in [0.4, 0.5) is 13.2 Å². The molecule has 10 heteroatoms. The van der Waals surface area contributed by atoms with Gasteiger partial charge in [-0.15, -0.1) is 0 Å². The molecule has 1 saturated heterocycles. The third-order valence-electron chi connectivity index (χ3n) is 4.68. The summed E-state index contributed by atoms with van der Waals surface area (Å²) in [5.74, 6) is -0.182. The van der Waals surface area contributed by atoms with Crippen molar-refractivity contribution in [3.05, 3.63) is 59.9 Å². The lowest BCUT2D eigenvalue weighted by Crippen LogP contribution is -2.56. The van der Waals surface area contributed by atoms with E-state index in [0.717, 1.165) is 11.6 Å². The second-order valence-electron chi connectivity index (χ2n) is 6.67. The lowest BCUT2D eigenvalue weighted by molar-refractivity contribution is -0.140. The summed E-state index contributed by atoms with van der Waals surface area (Å²) < 4.78 is 49.8. The van der Waals surface area contributed by atoms with Crippen LogP contribution in [0.1, 0.15) is 16.1 Å². The highest BCUT2D eigenvalue weighted by molar-refractivity contribution is 5.94. The second kappa shape index (κ2) is 7.69. The van der Waals surface area contributed by atoms with Crippen LogP contribution >= 0.6 is 0 Å². The maximum Gasteiger partial charge on any atom is 0.421 e. The van der Waals surface area contributed by atoms with Gasteiger partial charge in [0.15, 0.2) is 0 Å². The van der Waals surface area contributed by atoms with Crippen molar-refractivity contribution >= 4 is 5.91 Å². The molecule has 1 N–H and O–H groups in total. The van der Waals surface area contributed by atoms with Crippen LogP contribution in [-0.4, -0.2) is 52.3 Å². The normalized spacial score (nSPS) is 14.3. The summed E-state index contributed by atoms with van der Waals surface area (Å²) >= 11 is 0. The zero-order chi connectivity index (χ0) is 21.3. The predicted octanol–water partition coefficient (Wildman–Crippen LogP) is 3.40. The van der Waals surface area contributed by atoms with Gasteiger partial charge in [-0.3, -0.25) is 9.89 Å². The van der Waals surface area contributed by atoms with Crippen LogP contribution in [0.3, 0.4) is 0 Å². The molecule has 1 amide bonds. The summed E-state index contributed by atoms with van der Waals surface area (Å²) in [5.41, 5.74) is 0.607. The largest absolute Gasteiger partial charge is 0.496 e. The lowest BCUT2D eigenvalue weighted by atomic mass is 10.1. The van der Waals surface area contributed by atoms with Crippen LogP contribution in [0.5, 0.6) is 11.6 Å². The number of para-hydroxylation sites is 1. The van der Waals surface area contributed by atoms with Crippen molar-refractivity contribution in [1.29, 1.82) is 0 Å². The molecule has 1 fully saturated rings. The van der Waals surface area contributed by atoms with Gasteiger partial charge in [0, 0.05) is 11.8 Å². The Balaban J connectivity index is 1.41. The second-order valence-corrected chi connectivity index (χ2v) is 6.67. The van der Waals surface area contributed by atoms with Gasteiger partial charge in [-0.2, -0.15) is 18.3 Å². The molecule has 0 bridgehead atoms. The van der Waals surface area contributed by atoms with E-state index in [4.69, 9.17) is 9.47 Å². The fraction of sp³-hybridized carbons (Fsp3) is 0.250. The van der Waals surface area contributed by atoms with Gasteiger partial charge in [0.1, 0.15) is 23.1 Å². The molecule has 7 nitrogen and oxygen atoms in total. The third-order valence-corrected chi connectivity index (χ3v) is 4.68. The number of alkyl halides is 3. The van der Waals surface area contributed by atoms with Crippen LogP contribution in [0, 0.1) is 0 Å². The number of nitrogens with zero attached hydrogens (tertiary/aromatic N) is 3. The van der Waals surface area contributed by atoms with E-state index in [1.165, 1.54) is 17.2 Å². The number of benzene rings is 1. The summed E-state index contributed by atoms with van der Waals surface area (Å²) in [4.78, 5) is 17.8. The highest BCUT2D eigenvalue weighted by Gasteiger charge is 2.38. The number of hydrogen-bond acceptors (Lipinski definition) is 5. The lowest BCUT2D eigenvalue weighted by Gasteiger charge is -2.38. The quantitative estimate of drug-likeness (QED) is 0.687. The molecule has 0 saturated carbocycles. The first kappa shape index (κ1) is 19.7. The zero-order valence-corrected chi connectivity index (χ0v) is 15.8. The highest BCUT2D eigenvalue weighted by Crippen LogP contribution is 2.35. The first-order valence-electron chi connectivity index (χ1n) is 9.03. The Labute approximate surface area is 169 Å². The summed E-state index contributed by atoms with van der Waals surface area (Å²) in [6, 6.07) is 11.0. The highest BCUT2D eigenvalue weighted by atomic mass is 19.4. The van der Waals surface area contributed by atoms with E-state index < -0.39 is 23.7 Å². The van der Waals surface area contributed by atoms with Crippen LogP contribution in [0.25, 0.3) is 11.3 Å². The number of hydrogen-bond donors (Lipinski definition) is 1. The minimum absolute atomic E-state index is 0.149. The molecule has 0 atom stereocenters. The van der Waals surface area contributed by atoms with Crippen LogP contribution < -0.4 is 9.47 Å². The molecule has 2 aromatic heterocycles. The molecule has 1 aliphatic rings. The fourth-order valence-electron chi connectivity index (χ4n) is 3.13. The van der Waals surface area contributed by atoms with Gasteiger partial charge in [-0.25, -0.2) is 4.98 Å². The van der Waals surface area contributed by atoms with Crippen molar-refractivity contribution in [2.24, 2.45) is 0 Å². The number of aromatic nitrogens is 3. The third kappa shape index (κ3) is 3.80. The molecule has 1 aliphatic heterocycles. The molecule has 3 heterocycles. The topological polar surface area (TPSA) is 80.3 Å². The smallest absolute Gasteiger partial charge is 0.421 e. The molecule has 4 rings (SSSR count). The van der Waals surface area contributed by atoms with Gasteiger partial charge in [0.25, 0.3) is 5.91 Å². The summed E-state index contributed by atoms with van der Waals surface area (Å²) in [6.07, 6.45) is -3.90. The van der Waals surface area contributed by atoms with Crippen molar-refractivity contribution in [2.75, 3.05) is 20.2 Å². The maximum absolute atomic E-state index is 13.0. The molecule has 3 aromatic rings. The summed E-state index contributed by atoms with van der Waals surface area (Å²) in [6.45, 7) is 0.297. The number of aromatic amines is 1. The number of halogens is 3. The average molecular weight is 418 g/mol. The molecule has 0 radical (unpaired) electrons. The zero-order valence-electron chi connectivity index (χ0n) is 15.8. The number of carbonyl (C=O) groups is 1. The van der Waals surface area contributed by atoms with Gasteiger partial charge in [-0.1, -0.05) is 12.1 Å². The number of amides is 1. The fourth-order valence-corrected chi connectivity index (χ4v) is 3.13. The Hall–Kier alpha value is -3.56. The predicted molar refractivity (Wildman–Crippen MR) is 100 cm³/mol. The van der Waals surface area contributed by atoms with Crippen LogP contribution in [0.15, 0.2) is 48.7 Å². The first-order valence-corrected chi connectivity index (χ1v) is 9.03. The van der Waals surface area contributed by atoms with Crippen molar-refractivity contribution in [1.82, 2.24) is 20.1 Å². The molecule has 30 heavy (non-hydrogen) atoms. The Morgan fingerprint density at radius 2 is 1.97 bits per heavy atom. The van der Waals surface area contributed by atoms with Crippen molar-refractivity contribution < 1.29 is 27.4 Å². The van der Waals surface area contributed by atoms with Gasteiger partial charge in [-0.05, 0) is 30.3 Å².